The van der Waals surface area contributed by atoms with E-state index in [1.165, 1.54) is 17.7 Å². The van der Waals surface area contributed by atoms with E-state index in [1.54, 1.807) is 7.11 Å². The van der Waals surface area contributed by atoms with E-state index >= 15 is 0 Å². The van der Waals surface area contributed by atoms with E-state index < -0.39 is 5.92 Å². The fraction of sp³-hybridized carbons (Fsp3) is 0.913. The molecule has 8 heteroatoms. The maximum Gasteiger partial charge on any atom is 0.316 e. The second kappa shape index (κ2) is 10.1. The molecule has 176 valence electrons. The normalized spacial score (nSPS) is 40.7. The quantitative estimate of drug-likeness (QED) is 0.514. The number of rotatable bonds is 6. The summed E-state index contributed by atoms with van der Waals surface area (Å²) in [5.41, 5.74) is 6.71. The summed E-state index contributed by atoms with van der Waals surface area (Å²) in [5, 5.41) is 3.78. The highest BCUT2D eigenvalue weighted by atomic mass is 16.5. The average molecular weight is 438 g/mol. The summed E-state index contributed by atoms with van der Waals surface area (Å²) in [6, 6.07) is 0. The van der Waals surface area contributed by atoms with E-state index in [1.807, 2.05) is 11.8 Å². The van der Waals surface area contributed by atoms with Crippen LogP contribution in [-0.2, 0) is 19.1 Å². The van der Waals surface area contributed by atoms with Crippen molar-refractivity contribution in [1.29, 1.82) is 0 Å². The van der Waals surface area contributed by atoms with Gasteiger partial charge in [-0.1, -0.05) is 0 Å². The molecule has 3 aliphatic heterocycles. The molecule has 6 unspecified atom stereocenters. The van der Waals surface area contributed by atoms with E-state index in [0.717, 1.165) is 51.6 Å². The minimum Gasteiger partial charge on any atom is -0.466 e. The number of quaternary nitrogens is 1. The Balaban J connectivity index is 1.49. The molecule has 0 spiro atoms. The highest BCUT2D eigenvalue weighted by Crippen LogP contribution is 2.31. The lowest BCUT2D eigenvalue weighted by Crippen LogP contribution is -3.26. The molecular weight excluding hydrogens is 396 g/mol. The Morgan fingerprint density at radius 1 is 1.23 bits per heavy atom. The second-order valence-corrected chi connectivity index (χ2v) is 9.91. The lowest BCUT2D eigenvalue weighted by atomic mass is 9.80. The number of hydrogen-bond acceptors (Lipinski definition) is 6. The van der Waals surface area contributed by atoms with Crippen LogP contribution in [0.1, 0.15) is 64.7 Å². The summed E-state index contributed by atoms with van der Waals surface area (Å²) in [6.07, 6.45) is 9.52. The summed E-state index contributed by atoms with van der Waals surface area (Å²) in [6.45, 7) is 3.86. The van der Waals surface area contributed by atoms with Crippen molar-refractivity contribution in [3.05, 3.63) is 0 Å². The first-order chi connectivity index (χ1) is 15.0. The van der Waals surface area contributed by atoms with Gasteiger partial charge in [0, 0.05) is 13.7 Å². The molecule has 0 aromatic rings. The third kappa shape index (κ3) is 4.77. The van der Waals surface area contributed by atoms with E-state index in [4.69, 9.17) is 15.2 Å². The molecule has 4 aliphatic rings. The second-order valence-electron chi connectivity index (χ2n) is 9.91. The van der Waals surface area contributed by atoms with Gasteiger partial charge in [-0.25, -0.2) is 5.32 Å². The maximum absolute atomic E-state index is 13.4. The molecule has 31 heavy (non-hydrogen) atoms. The smallest absolute Gasteiger partial charge is 0.316 e. The summed E-state index contributed by atoms with van der Waals surface area (Å²) >= 11 is 0. The number of hydrogen-bond donors (Lipinski definition) is 3. The first-order valence-corrected chi connectivity index (χ1v) is 12.4. The van der Waals surface area contributed by atoms with Crippen LogP contribution >= 0.6 is 0 Å². The summed E-state index contributed by atoms with van der Waals surface area (Å²) in [4.78, 5) is 29.3. The van der Waals surface area contributed by atoms with Gasteiger partial charge in [0.05, 0.1) is 25.4 Å². The first kappa shape index (κ1) is 23.0. The monoisotopic (exact) mass is 437 g/mol. The van der Waals surface area contributed by atoms with Crippen molar-refractivity contribution < 1.29 is 24.0 Å². The van der Waals surface area contributed by atoms with Crippen molar-refractivity contribution in [2.45, 2.75) is 89.3 Å². The Hall–Kier alpha value is -1.22. The number of fused-ring (bicyclic) bond motifs is 2. The lowest BCUT2D eigenvalue weighted by Gasteiger charge is -2.52. The van der Waals surface area contributed by atoms with Gasteiger partial charge in [-0.05, 0) is 70.6 Å². The van der Waals surface area contributed by atoms with Gasteiger partial charge in [-0.15, -0.1) is 0 Å². The summed E-state index contributed by atoms with van der Waals surface area (Å²) in [7, 11) is 1.80. The summed E-state index contributed by atoms with van der Waals surface area (Å²) in [5.74, 6) is -0.0128. The van der Waals surface area contributed by atoms with Crippen LogP contribution < -0.4 is 16.0 Å². The highest BCUT2D eigenvalue weighted by Gasteiger charge is 2.55. The maximum atomic E-state index is 13.4. The van der Waals surface area contributed by atoms with Gasteiger partial charge in [-0.3, -0.25) is 15.3 Å². The van der Waals surface area contributed by atoms with Gasteiger partial charge in [0.1, 0.15) is 11.8 Å². The number of esters is 1. The van der Waals surface area contributed by atoms with E-state index in [-0.39, 0.29) is 36.3 Å². The van der Waals surface area contributed by atoms with Crippen molar-refractivity contribution in [1.82, 2.24) is 10.2 Å². The van der Waals surface area contributed by atoms with Crippen molar-refractivity contribution in [3.63, 3.8) is 0 Å². The molecule has 0 bridgehead atoms. The number of carbonyl (C=O) groups is 2. The number of methoxy groups -OCH3 is 1. The number of nitrogens with zero attached hydrogens (tertiary/aromatic N) is 1. The van der Waals surface area contributed by atoms with Crippen molar-refractivity contribution in [2.24, 2.45) is 23.5 Å². The van der Waals surface area contributed by atoms with Crippen LogP contribution in [0.3, 0.4) is 0 Å². The molecule has 0 aromatic carbocycles. The highest BCUT2D eigenvalue weighted by molar-refractivity contribution is 5.82. The largest absolute Gasteiger partial charge is 0.466 e. The first-order valence-electron chi connectivity index (χ1n) is 12.4. The minimum absolute atomic E-state index is 0.0113. The number of nitrogens with two attached hydrogens (primary N) is 1. The number of likely N-dealkylation sites (tertiary alicyclic amines) is 1. The van der Waals surface area contributed by atoms with Crippen molar-refractivity contribution >= 4 is 11.9 Å². The number of ether oxygens (including phenoxy) is 2. The lowest BCUT2D eigenvalue weighted by molar-refractivity contribution is -0.965. The van der Waals surface area contributed by atoms with Crippen molar-refractivity contribution in [2.75, 3.05) is 26.8 Å². The standard InChI is InChI=1S/C23H40N4O4/c1-3-31-23(29)17-14-18-21(25-19-6-4-5-12-26(19)22(18)28)27(20(17)24)13-11-15-7-9-16(30-2)10-8-15/h15-21,25H,3-14,24H2,1-2H3/p+1. The zero-order valence-corrected chi connectivity index (χ0v) is 19.2. The fourth-order valence-corrected chi connectivity index (χ4v) is 6.38. The zero-order chi connectivity index (χ0) is 22.0. The molecule has 3 heterocycles. The molecule has 1 saturated carbocycles. The third-order valence-electron chi connectivity index (χ3n) is 8.20. The Kier molecular flexibility index (Phi) is 7.52. The zero-order valence-electron chi connectivity index (χ0n) is 19.2. The summed E-state index contributed by atoms with van der Waals surface area (Å²) < 4.78 is 10.9. The molecule has 3 saturated heterocycles. The molecule has 0 aromatic heterocycles. The van der Waals surface area contributed by atoms with Gasteiger partial charge in [0.2, 0.25) is 5.91 Å². The molecule has 8 nitrogen and oxygen atoms in total. The van der Waals surface area contributed by atoms with Crippen LogP contribution in [0.5, 0.6) is 0 Å². The van der Waals surface area contributed by atoms with Crippen LogP contribution in [0, 0.1) is 17.8 Å². The topological polar surface area (TPSA) is 98.3 Å². The molecule has 1 aliphatic carbocycles. The van der Waals surface area contributed by atoms with Gasteiger partial charge in [-0.2, -0.15) is 0 Å². The van der Waals surface area contributed by atoms with Gasteiger partial charge in [0.15, 0.2) is 12.3 Å². The Morgan fingerprint density at radius 2 is 2.00 bits per heavy atom. The van der Waals surface area contributed by atoms with Crippen molar-refractivity contribution in [3.8, 4) is 0 Å². The predicted octanol–water partition coefficient (Wildman–Crippen LogP) is 0.219. The van der Waals surface area contributed by atoms with Crippen LogP contribution in [0.4, 0.5) is 0 Å². The van der Waals surface area contributed by atoms with Crippen LogP contribution in [-0.4, -0.2) is 68.2 Å². The van der Waals surface area contributed by atoms with E-state index in [0.29, 0.717) is 25.0 Å². The van der Waals surface area contributed by atoms with Crippen LogP contribution in [0.25, 0.3) is 0 Å². The number of piperidine rings is 2. The van der Waals surface area contributed by atoms with Crippen LogP contribution in [0.2, 0.25) is 0 Å². The van der Waals surface area contributed by atoms with E-state index in [2.05, 4.69) is 5.32 Å². The minimum atomic E-state index is -0.424. The molecule has 4 N–H and O–H groups in total. The Bertz CT molecular complexity index is 639. The van der Waals surface area contributed by atoms with Gasteiger partial charge < -0.3 is 19.3 Å². The molecule has 0 radical (unpaired) electrons. The average Bonchev–Trinajstić information content (AvgIpc) is 2.79. The van der Waals surface area contributed by atoms with E-state index in [9.17, 15) is 9.59 Å². The molecule has 4 rings (SSSR count). The van der Waals surface area contributed by atoms with Gasteiger partial charge in [0.25, 0.3) is 0 Å². The Morgan fingerprint density at radius 3 is 2.71 bits per heavy atom. The predicted molar refractivity (Wildman–Crippen MR) is 116 cm³/mol. The number of carbonyl (C=O) groups excluding carboxylic acids is 2. The molecule has 4 fully saturated rings. The molecule has 1 amide bonds. The fourth-order valence-electron chi connectivity index (χ4n) is 6.38. The third-order valence-corrected chi connectivity index (χ3v) is 8.20. The van der Waals surface area contributed by atoms with Crippen LogP contribution in [0.15, 0.2) is 0 Å². The SMILES string of the molecule is CCOC(=O)C1CC2C(=O)N3CCCCC3NC2[NH+](CCC2CCC(OC)CC2)C1N. The molecule has 6 atom stereocenters. The number of amides is 1. The number of nitrogens with one attached hydrogen (secondary N) is 2. The molecular formula is C23H41N4O4+. The Labute approximate surface area is 186 Å². The van der Waals surface area contributed by atoms with Gasteiger partial charge >= 0.3 is 5.97 Å².